The second-order valence-corrected chi connectivity index (χ2v) is 6.95. The fraction of sp³-hybridized carbons (Fsp3) is 0.368. The standard InChI is InChI=1S/C19H21N3O2/c1-19(2,3)24-18(23)22-9-7-13(8-10-22)16-12-21-17-6-5-14(20-4)11-15(16)17/h5-7,11-12,21H,8-10H2,1-3H3. The third-order valence-corrected chi connectivity index (χ3v) is 4.00. The SMILES string of the molecule is [C-]#[N+]c1ccc2[nH]cc(C3=CCN(C(=O)OC(C)(C)C)CC3)c2c1. The minimum absolute atomic E-state index is 0.271. The van der Waals surface area contributed by atoms with Gasteiger partial charge in [0, 0.05) is 30.4 Å². The van der Waals surface area contributed by atoms with E-state index < -0.39 is 5.60 Å². The van der Waals surface area contributed by atoms with Crippen molar-refractivity contribution in [3.63, 3.8) is 0 Å². The zero-order valence-corrected chi connectivity index (χ0v) is 14.2. The van der Waals surface area contributed by atoms with Gasteiger partial charge in [0.2, 0.25) is 0 Å². The fourth-order valence-corrected chi connectivity index (χ4v) is 2.85. The summed E-state index contributed by atoms with van der Waals surface area (Å²) in [5.41, 5.74) is 3.49. The summed E-state index contributed by atoms with van der Waals surface area (Å²) in [7, 11) is 0. The molecule has 1 aromatic heterocycles. The smallest absolute Gasteiger partial charge is 0.410 e. The number of nitrogens with zero attached hydrogens (tertiary/aromatic N) is 2. The number of carbonyl (C=O) groups is 1. The predicted molar refractivity (Wildman–Crippen MR) is 95.0 cm³/mol. The van der Waals surface area contributed by atoms with Gasteiger partial charge in [-0.15, -0.1) is 0 Å². The number of benzene rings is 1. The number of H-pyrrole nitrogens is 1. The van der Waals surface area contributed by atoms with Gasteiger partial charge >= 0.3 is 6.09 Å². The van der Waals surface area contributed by atoms with E-state index >= 15 is 0 Å². The third kappa shape index (κ3) is 3.28. The van der Waals surface area contributed by atoms with E-state index in [0.717, 1.165) is 22.9 Å². The molecule has 2 aromatic rings. The number of aromatic nitrogens is 1. The summed E-state index contributed by atoms with van der Waals surface area (Å²) < 4.78 is 5.42. The van der Waals surface area contributed by atoms with E-state index in [9.17, 15) is 4.79 Å². The summed E-state index contributed by atoms with van der Waals surface area (Å²) in [4.78, 5) is 20.6. The lowest BCUT2D eigenvalue weighted by atomic mass is 9.99. The second kappa shape index (κ2) is 6.04. The molecule has 1 amide bonds. The predicted octanol–water partition coefficient (Wildman–Crippen LogP) is 4.74. The Morgan fingerprint density at radius 3 is 2.79 bits per heavy atom. The Morgan fingerprint density at radius 2 is 2.17 bits per heavy atom. The number of rotatable bonds is 1. The number of amides is 1. The minimum atomic E-state index is -0.478. The van der Waals surface area contributed by atoms with Crippen molar-refractivity contribution in [1.82, 2.24) is 9.88 Å². The van der Waals surface area contributed by atoms with Gasteiger partial charge in [0.25, 0.3) is 0 Å². The molecule has 24 heavy (non-hydrogen) atoms. The highest BCUT2D eigenvalue weighted by Gasteiger charge is 2.24. The molecule has 0 atom stereocenters. The summed E-state index contributed by atoms with van der Waals surface area (Å²) >= 11 is 0. The Balaban J connectivity index is 1.81. The molecule has 0 spiro atoms. The maximum absolute atomic E-state index is 12.1. The largest absolute Gasteiger partial charge is 0.444 e. The highest BCUT2D eigenvalue weighted by molar-refractivity contribution is 5.95. The molecule has 1 aliphatic rings. The Morgan fingerprint density at radius 1 is 1.38 bits per heavy atom. The number of carbonyl (C=O) groups excluding carboxylic acids is 1. The molecule has 5 nitrogen and oxygen atoms in total. The molecule has 1 N–H and O–H groups in total. The van der Waals surface area contributed by atoms with E-state index in [2.05, 4.69) is 15.9 Å². The molecule has 0 radical (unpaired) electrons. The number of hydrogen-bond acceptors (Lipinski definition) is 2. The maximum Gasteiger partial charge on any atom is 0.410 e. The van der Waals surface area contributed by atoms with Crippen molar-refractivity contribution in [3.8, 4) is 0 Å². The van der Waals surface area contributed by atoms with Gasteiger partial charge in [-0.1, -0.05) is 12.1 Å². The molecule has 0 saturated heterocycles. The van der Waals surface area contributed by atoms with Crippen molar-refractivity contribution in [1.29, 1.82) is 0 Å². The molecule has 124 valence electrons. The molecule has 1 aliphatic heterocycles. The van der Waals surface area contributed by atoms with Gasteiger partial charge in [-0.05, 0) is 50.3 Å². The van der Waals surface area contributed by atoms with Crippen molar-refractivity contribution < 1.29 is 9.53 Å². The first-order chi connectivity index (χ1) is 11.4. The van der Waals surface area contributed by atoms with Crippen LogP contribution < -0.4 is 0 Å². The first-order valence-electron chi connectivity index (χ1n) is 8.03. The van der Waals surface area contributed by atoms with Crippen LogP contribution in [0.5, 0.6) is 0 Å². The number of aromatic amines is 1. The van der Waals surface area contributed by atoms with Crippen LogP contribution >= 0.6 is 0 Å². The topological polar surface area (TPSA) is 49.7 Å². The number of nitrogens with one attached hydrogen (secondary N) is 1. The molecule has 0 saturated carbocycles. The van der Waals surface area contributed by atoms with E-state index in [-0.39, 0.29) is 6.09 Å². The van der Waals surface area contributed by atoms with Crippen LogP contribution in [0.1, 0.15) is 32.8 Å². The van der Waals surface area contributed by atoms with Crippen LogP contribution in [0.25, 0.3) is 21.3 Å². The summed E-state index contributed by atoms with van der Waals surface area (Å²) in [5.74, 6) is 0. The van der Waals surface area contributed by atoms with Gasteiger partial charge in [0.1, 0.15) is 5.60 Å². The quantitative estimate of drug-likeness (QED) is 0.770. The van der Waals surface area contributed by atoms with Gasteiger partial charge in [-0.25, -0.2) is 9.64 Å². The zero-order valence-electron chi connectivity index (χ0n) is 14.2. The lowest BCUT2D eigenvalue weighted by Crippen LogP contribution is -2.39. The second-order valence-electron chi connectivity index (χ2n) is 6.95. The van der Waals surface area contributed by atoms with Crippen molar-refractivity contribution in [2.75, 3.05) is 13.1 Å². The first kappa shape index (κ1) is 16.1. The molecule has 0 fully saturated rings. The summed E-state index contributed by atoms with van der Waals surface area (Å²) in [6.07, 6.45) is 4.55. The average Bonchev–Trinajstić information content (AvgIpc) is 2.96. The summed E-state index contributed by atoms with van der Waals surface area (Å²) in [6.45, 7) is 14.0. The molecule has 1 aromatic carbocycles. The normalized spacial score (nSPS) is 15.1. The number of fused-ring (bicyclic) bond motifs is 1. The van der Waals surface area contributed by atoms with Gasteiger partial charge in [-0.3, -0.25) is 0 Å². The molecule has 0 bridgehead atoms. The molecule has 0 aliphatic carbocycles. The monoisotopic (exact) mass is 323 g/mol. The van der Waals surface area contributed by atoms with Crippen LogP contribution in [0.3, 0.4) is 0 Å². The van der Waals surface area contributed by atoms with E-state index in [0.29, 0.717) is 18.8 Å². The highest BCUT2D eigenvalue weighted by Crippen LogP contribution is 2.31. The van der Waals surface area contributed by atoms with E-state index in [1.165, 1.54) is 5.57 Å². The third-order valence-electron chi connectivity index (χ3n) is 4.00. The number of ether oxygens (including phenoxy) is 1. The highest BCUT2D eigenvalue weighted by atomic mass is 16.6. The van der Waals surface area contributed by atoms with Crippen molar-refractivity contribution in [3.05, 3.63) is 47.5 Å². The van der Waals surface area contributed by atoms with Gasteiger partial charge in [0.15, 0.2) is 5.69 Å². The first-order valence-corrected chi connectivity index (χ1v) is 8.03. The van der Waals surface area contributed by atoms with Crippen LogP contribution in [-0.2, 0) is 4.74 Å². The molecule has 0 unspecified atom stereocenters. The molecule has 5 heteroatoms. The van der Waals surface area contributed by atoms with E-state index in [1.807, 2.05) is 45.2 Å². The van der Waals surface area contributed by atoms with Gasteiger partial charge in [0.05, 0.1) is 6.57 Å². The fourth-order valence-electron chi connectivity index (χ4n) is 2.85. The zero-order chi connectivity index (χ0) is 17.3. The van der Waals surface area contributed by atoms with E-state index in [4.69, 9.17) is 11.3 Å². The van der Waals surface area contributed by atoms with Crippen LogP contribution in [-0.4, -0.2) is 34.7 Å². The maximum atomic E-state index is 12.1. The van der Waals surface area contributed by atoms with Crippen LogP contribution in [0.15, 0.2) is 30.5 Å². The Hall–Kier alpha value is -2.74. The minimum Gasteiger partial charge on any atom is -0.444 e. The molecular formula is C19H21N3O2. The Kier molecular flexibility index (Phi) is 4.06. The van der Waals surface area contributed by atoms with Gasteiger partial charge < -0.3 is 14.6 Å². The van der Waals surface area contributed by atoms with Crippen LogP contribution in [0.4, 0.5) is 10.5 Å². The lowest BCUT2D eigenvalue weighted by molar-refractivity contribution is 0.0270. The van der Waals surface area contributed by atoms with Crippen LogP contribution in [0.2, 0.25) is 0 Å². The molecule has 2 heterocycles. The van der Waals surface area contributed by atoms with Crippen molar-refractivity contribution in [2.24, 2.45) is 0 Å². The molecule has 3 rings (SSSR count). The van der Waals surface area contributed by atoms with Crippen molar-refractivity contribution in [2.45, 2.75) is 32.8 Å². The van der Waals surface area contributed by atoms with Crippen molar-refractivity contribution >= 4 is 28.3 Å². The van der Waals surface area contributed by atoms with E-state index in [1.54, 1.807) is 4.90 Å². The summed E-state index contributed by atoms with van der Waals surface area (Å²) in [6, 6.07) is 5.66. The van der Waals surface area contributed by atoms with Crippen LogP contribution in [0, 0.1) is 6.57 Å². The Bertz CT molecular complexity index is 850. The average molecular weight is 323 g/mol. The molecular weight excluding hydrogens is 302 g/mol. The lowest BCUT2D eigenvalue weighted by Gasteiger charge is -2.29. The number of hydrogen-bond donors (Lipinski definition) is 1. The van der Waals surface area contributed by atoms with Gasteiger partial charge in [-0.2, -0.15) is 0 Å². The summed E-state index contributed by atoms with van der Waals surface area (Å²) in [5, 5.41) is 1.06. The Labute approximate surface area is 141 Å².